The minimum atomic E-state index is 0.128. The molecule has 0 aliphatic carbocycles. The lowest BCUT2D eigenvalue weighted by atomic mass is 9.96. The Kier molecular flexibility index (Phi) is 8.15. The SMILES string of the molecule is CCCCN(C)CC1CCN(C(=O)COC(C)C)CC1. The molecule has 20 heavy (non-hydrogen) atoms. The summed E-state index contributed by atoms with van der Waals surface area (Å²) in [6.07, 6.45) is 4.92. The van der Waals surface area contributed by atoms with Gasteiger partial charge in [-0.1, -0.05) is 13.3 Å². The van der Waals surface area contributed by atoms with Crippen LogP contribution in [-0.2, 0) is 9.53 Å². The van der Waals surface area contributed by atoms with Crippen LogP contribution in [0.25, 0.3) is 0 Å². The van der Waals surface area contributed by atoms with Gasteiger partial charge in [0.2, 0.25) is 5.91 Å². The Morgan fingerprint density at radius 1 is 1.35 bits per heavy atom. The minimum Gasteiger partial charge on any atom is -0.369 e. The maximum absolute atomic E-state index is 12.0. The van der Waals surface area contributed by atoms with Gasteiger partial charge in [-0.05, 0) is 52.6 Å². The van der Waals surface area contributed by atoms with Gasteiger partial charge in [-0.15, -0.1) is 0 Å². The van der Waals surface area contributed by atoms with Crippen LogP contribution in [0.15, 0.2) is 0 Å². The third kappa shape index (κ3) is 6.71. The van der Waals surface area contributed by atoms with Crippen molar-refractivity contribution in [3.63, 3.8) is 0 Å². The van der Waals surface area contributed by atoms with Crippen molar-refractivity contribution in [1.29, 1.82) is 0 Å². The van der Waals surface area contributed by atoms with Gasteiger partial charge in [0.1, 0.15) is 6.61 Å². The van der Waals surface area contributed by atoms with Crippen LogP contribution in [0.2, 0.25) is 0 Å². The predicted octanol–water partition coefficient (Wildman–Crippen LogP) is 2.38. The molecule has 1 rings (SSSR count). The van der Waals surface area contributed by atoms with Gasteiger partial charge in [0.15, 0.2) is 0 Å². The third-order valence-electron chi connectivity index (χ3n) is 3.97. The lowest BCUT2D eigenvalue weighted by molar-refractivity contribution is -0.139. The third-order valence-corrected chi connectivity index (χ3v) is 3.97. The summed E-state index contributed by atoms with van der Waals surface area (Å²) in [6.45, 7) is 10.6. The first-order valence-corrected chi connectivity index (χ1v) is 8.10. The minimum absolute atomic E-state index is 0.128. The van der Waals surface area contributed by atoms with Crippen molar-refractivity contribution < 1.29 is 9.53 Å². The van der Waals surface area contributed by atoms with E-state index >= 15 is 0 Å². The lowest BCUT2D eigenvalue weighted by Gasteiger charge is -2.34. The smallest absolute Gasteiger partial charge is 0.248 e. The Morgan fingerprint density at radius 3 is 2.55 bits per heavy atom. The van der Waals surface area contributed by atoms with E-state index in [-0.39, 0.29) is 18.6 Å². The second-order valence-electron chi connectivity index (χ2n) is 6.30. The number of hydrogen-bond acceptors (Lipinski definition) is 3. The number of unbranched alkanes of at least 4 members (excludes halogenated alkanes) is 1. The predicted molar refractivity (Wildman–Crippen MR) is 82.8 cm³/mol. The molecular weight excluding hydrogens is 252 g/mol. The molecule has 0 atom stereocenters. The largest absolute Gasteiger partial charge is 0.369 e. The summed E-state index contributed by atoms with van der Waals surface area (Å²) in [7, 11) is 2.21. The highest BCUT2D eigenvalue weighted by Gasteiger charge is 2.23. The fourth-order valence-corrected chi connectivity index (χ4v) is 2.65. The first kappa shape index (κ1) is 17.4. The Morgan fingerprint density at radius 2 is 2.00 bits per heavy atom. The molecule has 1 heterocycles. The highest BCUT2D eigenvalue weighted by molar-refractivity contribution is 5.77. The fraction of sp³-hybridized carbons (Fsp3) is 0.938. The first-order chi connectivity index (χ1) is 9.52. The number of likely N-dealkylation sites (tertiary alicyclic amines) is 1. The van der Waals surface area contributed by atoms with Gasteiger partial charge in [-0.25, -0.2) is 0 Å². The topological polar surface area (TPSA) is 32.8 Å². The zero-order chi connectivity index (χ0) is 15.0. The van der Waals surface area contributed by atoms with E-state index in [1.165, 1.54) is 25.9 Å². The standard InChI is InChI=1S/C16H32N2O2/c1-5-6-9-17(4)12-15-7-10-18(11-8-15)16(19)13-20-14(2)3/h14-15H,5-13H2,1-4H3. The van der Waals surface area contributed by atoms with Crippen LogP contribution in [0.5, 0.6) is 0 Å². The van der Waals surface area contributed by atoms with Crippen molar-refractivity contribution in [2.75, 3.05) is 39.8 Å². The molecule has 4 nitrogen and oxygen atoms in total. The summed E-state index contributed by atoms with van der Waals surface area (Å²) < 4.78 is 5.39. The summed E-state index contributed by atoms with van der Waals surface area (Å²) in [5.41, 5.74) is 0. The van der Waals surface area contributed by atoms with Gasteiger partial charge in [-0.3, -0.25) is 4.79 Å². The normalized spacial score (nSPS) is 17.2. The molecule has 4 heteroatoms. The van der Waals surface area contributed by atoms with E-state index in [2.05, 4.69) is 18.9 Å². The van der Waals surface area contributed by atoms with Crippen LogP contribution in [0, 0.1) is 5.92 Å². The monoisotopic (exact) mass is 284 g/mol. The highest BCUT2D eigenvalue weighted by Crippen LogP contribution is 2.18. The molecule has 0 aromatic heterocycles. The average molecular weight is 284 g/mol. The van der Waals surface area contributed by atoms with Crippen molar-refractivity contribution in [2.45, 2.75) is 52.6 Å². The maximum Gasteiger partial charge on any atom is 0.248 e. The first-order valence-electron chi connectivity index (χ1n) is 8.10. The van der Waals surface area contributed by atoms with Crippen molar-refractivity contribution in [2.24, 2.45) is 5.92 Å². The average Bonchev–Trinajstić information content (AvgIpc) is 2.43. The Labute approximate surface area is 124 Å². The van der Waals surface area contributed by atoms with Crippen LogP contribution in [0.1, 0.15) is 46.5 Å². The summed E-state index contributed by atoms with van der Waals surface area (Å²) in [6, 6.07) is 0. The van der Waals surface area contributed by atoms with Gasteiger partial charge < -0.3 is 14.5 Å². The Balaban J connectivity index is 2.20. The number of rotatable bonds is 8. The van der Waals surface area contributed by atoms with Crippen LogP contribution in [0.4, 0.5) is 0 Å². The van der Waals surface area contributed by atoms with E-state index in [0.717, 1.165) is 31.8 Å². The molecule has 1 saturated heterocycles. The molecule has 0 saturated carbocycles. The Hall–Kier alpha value is -0.610. The molecule has 0 unspecified atom stereocenters. The van der Waals surface area contributed by atoms with E-state index in [1.54, 1.807) is 0 Å². The van der Waals surface area contributed by atoms with Crippen LogP contribution in [0.3, 0.4) is 0 Å². The molecule has 0 radical (unpaired) electrons. The zero-order valence-electron chi connectivity index (χ0n) is 13.7. The van der Waals surface area contributed by atoms with Crippen LogP contribution < -0.4 is 0 Å². The molecule has 118 valence electrons. The van der Waals surface area contributed by atoms with Gasteiger partial charge >= 0.3 is 0 Å². The lowest BCUT2D eigenvalue weighted by Crippen LogP contribution is -2.42. The molecule has 0 N–H and O–H groups in total. The van der Waals surface area contributed by atoms with Crippen molar-refractivity contribution >= 4 is 5.91 Å². The fourth-order valence-electron chi connectivity index (χ4n) is 2.65. The zero-order valence-corrected chi connectivity index (χ0v) is 13.7. The molecular formula is C16H32N2O2. The summed E-state index contributed by atoms with van der Waals surface area (Å²) in [4.78, 5) is 16.4. The molecule has 0 aromatic rings. The van der Waals surface area contributed by atoms with Gasteiger partial charge in [0, 0.05) is 19.6 Å². The summed E-state index contributed by atoms with van der Waals surface area (Å²) in [5.74, 6) is 0.892. The van der Waals surface area contributed by atoms with Crippen molar-refractivity contribution in [3.05, 3.63) is 0 Å². The van der Waals surface area contributed by atoms with Crippen molar-refractivity contribution in [3.8, 4) is 0 Å². The number of ether oxygens (including phenoxy) is 1. The molecule has 1 aliphatic rings. The summed E-state index contributed by atoms with van der Waals surface area (Å²) in [5, 5.41) is 0. The van der Waals surface area contributed by atoms with Gasteiger partial charge in [0.25, 0.3) is 0 Å². The van der Waals surface area contributed by atoms with E-state index in [1.807, 2.05) is 18.7 Å². The van der Waals surface area contributed by atoms with E-state index in [0.29, 0.717) is 0 Å². The molecule has 0 aromatic carbocycles. The number of nitrogens with zero attached hydrogens (tertiary/aromatic N) is 2. The maximum atomic E-state index is 12.0. The molecule has 1 aliphatic heterocycles. The molecule has 0 bridgehead atoms. The number of piperidine rings is 1. The quantitative estimate of drug-likeness (QED) is 0.686. The second-order valence-corrected chi connectivity index (χ2v) is 6.30. The number of amides is 1. The highest BCUT2D eigenvalue weighted by atomic mass is 16.5. The molecule has 1 fully saturated rings. The van der Waals surface area contributed by atoms with E-state index < -0.39 is 0 Å². The number of hydrogen-bond donors (Lipinski definition) is 0. The number of carbonyl (C=O) groups is 1. The Bertz CT molecular complexity index is 274. The summed E-state index contributed by atoms with van der Waals surface area (Å²) >= 11 is 0. The van der Waals surface area contributed by atoms with Gasteiger partial charge in [0.05, 0.1) is 6.10 Å². The van der Waals surface area contributed by atoms with Crippen LogP contribution in [-0.4, -0.2) is 61.6 Å². The molecule has 1 amide bonds. The van der Waals surface area contributed by atoms with Crippen molar-refractivity contribution in [1.82, 2.24) is 9.80 Å². The van der Waals surface area contributed by atoms with Crippen LogP contribution >= 0.6 is 0 Å². The molecule has 0 spiro atoms. The van der Waals surface area contributed by atoms with E-state index in [4.69, 9.17) is 4.74 Å². The number of carbonyl (C=O) groups excluding carboxylic acids is 1. The van der Waals surface area contributed by atoms with E-state index in [9.17, 15) is 4.79 Å². The van der Waals surface area contributed by atoms with Gasteiger partial charge in [-0.2, -0.15) is 0 Å². The second kappa shape index (κ2) is 9.35.